The van der Waals surface area contributed by atoms with Crippen LogP contribution >= 0.6 is 0 Å². The molecule has 8 nitrogen and oxygen atoms in total. The van der Waals surface area contributed by atoms with E-state index in [1.54, 1.807) is 12.1 Å². The van der Waals surface area contributed by atoms with Gasteiger partial charge in [0.2, 0.25) is 5.88 Å². The highest BCUT2D eigenvalue weighted by Crippen LogP contribution is 2.25. The molecule has 0 unspecified atom stereocenters. The van der Waals surface area contributed by atoms with Crippen LogP contribution in [-0.4, -0.2) is 52.3 Å². The van der Waals surface area contributed by atoms with Gasteiger partial charge in [0.05, 0.1) is 12.8 Å². The molecular weight excluding hydrogens is 322 g/mol. The van der Waals surface area contributed by atoms with Crippen molar-refractivity contribution in [3.8, 4) is 23.0 Å². The molecule has 0 bridgehead atoms. The lowest BCUT2D eigenvalue weighted by Gasteiger charge is -2.13. The zero-order valence-corrected chi connectivity index (χ0v) is 14.0. The van der Waals surface area contributed by atoms with E-state index in [4.69, 9.17) is 4.74 Å². The van der Waals surface area contributed by atoms with E-state index >= 15 is 0 Å². The van der Waals surface area contributed by atoms with Gasteiger partial charge in [-0.3, -0.25) is 0 Å². The van der Waals surface area contributed by atoms with Crippen LogP contribution in [0.2, 0.25) is 0 Å². The van der Waals surface area contributed by atoms with Gasteiger partial charge in [-0.2, -0.15) is 5.10 Å². The molecule has 1 aromatic carbocycles. The summed E-state index contributed by atoms with van der Waals surface area (Å²) in [4.78, 5) is 13.3. The van der Waals surface area contributed by atoms with E-state index in [1.165, 1.54) is 17.9 Å². The van der Waals surface area contributed by atoms with Crippen molar-refractivity contribution in [2.75, 3.05) is 26.1 Å². The van der Waals surface area contributed by atoms with Crippen LogP contribution in [0.1, 0.15) is 10.5 Å². The second-order valence-corrected chi connectivity index (χ2v) is 5.51. The molecule has 3 aromatic rings. The van der Waals surface area contributed by atoms with Gasteiger partial charge in [0, 0.05) is 31.4 Å². The Morgan fingerprint density at radius 2 is 1.84 bits per heavy atom. The van der Waals surface area contributed by atoms with Gasteiger partial charge in [-0.1, -0.05) is 12.1 Å². The highest BCUT2D eigenvalue weighted by Gasteiger charge is 2.17. The number of hydrogen-bond donors (Lipinski definition) is 1. The Balaban J connectivity index is 2.09. The summed E-state index contributed by atoms with van der Waals surface area (Å²) < 4.78 is 6.46. The molecule has 3 rings (SSSR count). The van der Waals surface area contributed by atoms with Crippen LogP contribution in [0, 0.1) is 0 Å². The van der Waals surface area contributed by atoms with E-state index in [-0.39, 0.29) is 5.69 Å². The molecule has 0 radical (unpaired) electrons. The number of ether oxygens (including phenoxy) is 1. The number of hydrogen-bond acceptors (Lipinski definition) is 6. The van der Waals surface area contributed by atoms with Crippen molar-refractivity contribution in [3.63, 3.8) is 0 Å². The minimum atomic E-state index is -1.11. The van der Waals surface area contributed by atoms with Gasteiger partial charge in [-0.05, 0) is 24.3 Å². The minimum absolute atomic E-state index is 0.0655. The van der Waals surface area contributed by atoms with Crippen molar-refractivity contribution in [1.29, 1.82) is 0 Å². The Hall–Kier alpha value is -3.42. The number of aromatic carboxylic acids is 1. The summed E-state index contributed by atoms with van der Waals surface area (Å²) in [6, 6.07) is 12.5. The van der Waals surface area contributed by atoms with E-state index in [0.29, 0.717) is 17.4 Å². The summed E-state index contributed by atoms with van der Waals surface area (Å²) in [5.74, 6) is -0.336. The maximum Gasteiger partial charge on any atom is 0.356 e. The number of carboxylic acids is 1. The molecule has 0 atom stereocenters. The van der Waals surface area contributed by atoms with Crippen LogP contribution in [0.3, 0.4) is 0 Å². The van der Waals surface area contributed by atoms with Gasteiger partial charge in [0.25, 0.3) is 0 Å². The van der Waals surface area contributed by atoms with E-state index < -0.39 is 5.97 Å². The van der Waals surface area contributed by atoms with Crippen LogP contribution in [-0.2, 0) is 0 Å². The van der Waals surface area contributed by atoms with Gasteiger partial charge in [0.1, 0.15) is 0 Å². The monoisotopic (exact) mass is 339 g/mol. The largest absolute Gasteiger partial charge is 0.480 e. The number of aromatic nitrogens is 4. The first kappa shape index (κ1) is 16.4. The predicted octanol–water partition coefficient (Wildman–Crippen LogP) is 2.10. The number of rotatable bonds is 5. The third-order valence-electron chi connectivity index (χ3n) is 3.66. The van der Waals surface area contributed by atoms with Crippen LogP contribution in [0.4, 0.5) is 5.69 Å². The molecule has 0 amide bonds. The van der Waals surface area contributed by atoms with Crippen molar-refractivity contribution in [1.82, 2.24) is 20.0 Å². The van der Waals surface area contributed by atoms with Crippen LogP contribution in [0.25, 0.3) is 17.1 Å². The Morgan fingerprint density at radius 3 is 2.36 bits per heavy atom. The molecule has 0 aliphatic heterocycles. The quantitative estimate of drug-likeness (QED) is 0.761. The Labute approximate surface area is 144 Å². The van der Waals surface area contributed by atoms with Crippen molar-refractivity contribution < 1.29 is 14.6 Å². The summed E-state index contributed by atoms with van der Waals surface area (Å²) >= 11 is 0. The first-order valence-corrected chi connectivity index (χ1v) is 7.49. The van der Waals surface area contributed by atoms with Gasteiger partial charge >= 0.3 is 5.97 Å². The Morgan fingerprint density at radius 1 is 1.12 bits per heavy atom. The molecule has 8 heteroatoms. The predicted molar refractivity (Wildman–Crippen MR) is 92.4 cm³/mol. The smallest absolute Gasteiger partial charge is 0.356 e. The van der Waals surface area contributed by atoms with Gasteiger partial charge in [-0.25, -0.2) is 9.48 Å². The summed E-state index contributed by atoms with van der Waals surface area (Å²) in [7, 11) is 5.40. The second kappa shape index (κ2) is 6.60. The molecule has 2 heterocycles. The topological polar surface area (TPSA) is 93.4 Å². The number of carbonyl (C=O) groups is 1. The normalized spacial score (nSPS) is 10.5. The van der Waals surface area contributed by atoms with Crippen LogP contribution in [0.15, 0.2) is 42.5 Å². The molecule has 128 valence electrons. The van der Waals surface area contributed by atoms with Gasteiger partial charge in [0.15, 0.2) is 11.5 Å². The molecule has 0 aliphatic rings. The summed E-state index contributed by atoms with van der Waals surface area (Å²) in [6.45, 7) is 0. The number of benzene rings is 1. The molecule has 2 aromatic heterocycles. The Bertz CT molecular complexity index is 886. The molecule has 0 spiro atoms. The lowest BCUT2D eigenvalue weighted by Crippen LogP contribution is -2.08. The number of carboxylic acid groups (broad SMARTS) is 1. The highest BCUT2D eigenvalue weighted by molar-refractivity contribution is 5.87. The highest BCUT2D eigenvalue weighted by atomic mass is 16.5. The first-order chi connectivity index (χ1) is 12.0. The SMILES string of the molecule is COc1ccc(-n2nc(C(=O)O)cc2-c2ccc(N(C)C)cc2)nn1. The van der Waals surface area contributed by atoms with E-state index in [1.807, 2.05) is 43.3 Å². The minimum Gasteiger partial charge on any atom is -0.480 e. The van der Waals surface area contributed by atoms with Crippen molar-refractivity contribution in [3.05, 3.63) is 48.2 Å². The zero-order valence-electron chi connectivity index (χ0n) is 14.0. The lowest BCUT2D eigenvalue weighted by molar-refractivity contribution is 0.0690. The van der Waals surface area contributed by atoms with Crippen LogP contribution < -0.4 is 9.64 Å². The van der Waals surface area contributed by atoms with Crippen molar-refractivity contribution in [2.24, 2.45) is 0 Å². The number of nitrogens with zero attached hydrogens (tertiary/aromatic N) is 5. The molecule has 25 heavy (non-hydrogen) atoms. The third kappa shape index (κ3) is 3.27. The van der Waals surface area contributed by atoms with Crippen molar-refractivity contribution in [2.45, 2.75) is 0 Å². The van der Waals surface area contributed by atoms with E-state index in [0.717, 1.165) is 11.3 Å². The maximum absolute atomic E-state index is 11.3. The van der Waals surface area contributed by atoms with E-state index in [2.05, 4.69) is 15.3 Å². The van der Waals surface area contributed by atoms with Crippen molar-refractivity contribution >= 4 is 11.7 Å². The lowest BCUT2D eigenvalue weighted by atomic mass is 10.1. The van der Waals surface area contributed by atoms with Gasteiger partial charge < -0.3 is 14.7 Å². The molecule has 0 saturated carbocycles. The standard InChI is InChI=1S/C17H17N5O3/c1-21(2)12-6-4-11(5-7-12)14-10-13(17(23)24)20-22(14)15-8-9-16(25-3)19-18-15/h4-10H,1-3H3,(H,23,24). The summed E-state index contributed by atoms with van der Waals surface area (Å²) in [5.41, 5.74) is 2.41. The first-order valence-electron chi connectivity index (χ1n) is 7.49. The fraction of sp³-hybridized carbons (Fsp3) is 0.176. The Kier molecular flexibility index (Phi) is 4.34. The fourth-order valence-corrected chi connectivity index (χ4v) is 2.33. The molecule has 0 aliphatic carbocycles. The number of anilines is 1. The van der Waals surface area contributed by atoms with E-state index in [9.17, 15) is 9.90 Å². The summed E-state index contributed by atoms with van der Waals surface area (Å²) in [6.07, 6.45) is 0. The molecule has 0 saturated heterocycles. The molecular formula is C17H17N5O3. The summed E-state index contributed by atoms with van der Waals surface area (Å²) in [5, 5.41) is 21.4. The maximum atomic E-state index is 11.3. The van der Waals surface area contributed by atoms with Crippen LogP contribution in [0.5, 0.6) is 5.88 Å². The zero-order chi connectivity index (χ0) is 18.0. The van der Waals surface area contributed by atoms with Gasteiger partial charge in [-0.15, -0.1) is 10.2 Å². The third-order valence-corrected chi connectivity index (χ3v) is 3.66. The average Bonchev–Trinajstić information content (AvgIpc) is 3.07. The second-order valence-electron chi connectivity index (χ2n) is 5.51. The number of methoxy groups -OCH3 is 1. The fourth-order valence-electron chi connectivity index (χ4n) is 2.33. The molecule has 0 fully saturated rings. The molecule has 1 N–H and O–H groups in total. The average molecular weight is 339 g/mol.